The first-order chi connectivity index (χ1) is 16.5. The van der Waals surface area contributed by atoms with Crippen LogP contribution >= 0.6 is 0 Å². The maximum absolute atomic E-state index is 12.6. The van der Waals surface area contributed by atoms with Crippen LogP contribution in [0, 0.1) is 11.3 Å². The summed E-state index contributed by atoms with van der Waals surface area (Å²) < 4.78 is 7.03. The van der Waals surface area contributed by atoms with Gasteiger partial charge in [-0.25, -0.2) is 9.78 Å². The van der Waals surface area contributed by atoms with Gasteiger partial charge in [-0.15, -0.1) is 0 Å². The van der Waals surface area contributed by atoms with Crippen molar-refractivity contribution in [1.29, 1.82) is 5.26 Å². The monoisotopic (exact) mass is 452 g/mol. The Bertz CT molecular complexity index is 1390. The lowest BCUT2D eigenvalue weighted by atomic mass is 9.97. The molecular formula is C27H24N4O3. The summed E-state index contributed by atoms with van der Waals surface area (Å²) in [5.74, 6) is -0.115. The van der Waals surface area contributed by atoms with Crippen LogP contribution in [0.2, 0.25) is 0 Å². The van der Waals surface area contributed by atoms with Crippen molar-refractivity contribution in [1.82, 2.24) is 14.9 Å². The number of rotatable bonds is 7. The quantitative estimate of drug-likeness (QED) is 0.428. The van der Waals surface area contributed by atoms with E-state index in [0.717, 1.165) is 39.1 Å². The van der Waals surface area contributed by atoms with Gasteiger partial charge in [-0.05, 0) is 41.0 Å². The molecule has 0 aliphatic heterocycles. The van der Waals surface area contributed by atoms with Crippen LogP contribution < -0.4 is 5.32 Å². The maximum Gasteiger partial charge on any atom is 0.328 e. The minimum Gasteiger partial charge on any atom is -0.467 e. The molecule has 0 saturated heterocycles. The van der Waals surface area contributed by atoms with Crippen LogP contribution in [0.5, 0.6) is 0 Å². The number of methoxy groups -OCH3 is 1. The Kier molecular flexibility index (Phi) is 6.69. The van der Waals surface area contributed by atoms with Crippen molar-refractivity contribution >= 4 is 22.8 Å². The lowest BCUT2D eigenvalue weighted by molar-refractivity contribution is -0.144. The van der Waals surface area contributed by atoms with Crippen LogP contribution in [0.3, 0.4) is 0 Å². The van der Waals surface area contributed by atoms with Crippen LogP contribution in [0.4, 0.5) is 0 Å². The molecular weight excluding hydrogens is 428 g/mol. The average molecular weight is 453 g/mol. The Morgan fingerprint density at radius 3 is 2.62 bits per heavy atom. The van der Waals surface area contributed by atoms with E-state index in [0.29, 0.717) is 0 Å². The third-order valence-electron chi connectivity index (χ3n) is 5.61. The minimum atomic E-state index is -0.855. The van der Waals surface area contributed by atoms with Gasteiger partial charge in [0.25, 0.3) is 0 Å². The number of esters is 1. The van der Waals surface area contributed by atoms with Gasteiger partial charge in [-0.1, -0.05) is 42.5 Å². The van der Waals surface area contributed by atoms with E-state index in [9.17, 15) is 14.9 Å². The lowest BCUT2D eigenvalue weighted by Gasteiger charge is -2.17. The summed E-state index contributed by atoms with van der Waals surface area (Å²) in [6.45, 7) is 1.37. The molecule has 0 aliphatic carbocycles. The smallest absolute Gasteiger partial charge is 0.328 e. The van der Waals surface area contributed by atoms with Crippen molar-refractivity contribution in [2.24, 2.45) is 0 Å². The Morgan fingerprint density at radius 1 is 1.12 bits per heavy atom. The number of nitriles is 1. The number of carbonyl (C=O) groups excluding carboxylic acids is 2. The average Bonchev–Trinajstić information content (AvgIpc) is 3.18. The highest BCUT2D eigenvalue weighted by Crippen LogP contribution is 2.37. The van der Waals surface area contributed by atoms with Crippen LogP contribution in [-0.2, 0) is 27.2 Å². The Hall–Kier alpha value is -4.44. The van der Waals surface area contributed by atoms with Gasteiger partial charge in [0, 0.05) is 24.9 Å². The van der Waals surface area contributed by atoms with E-state index in [4.69, 9.17) is 4.74 Å². The molecule has 4 aromatic rings. The van der Waals surface area contributed by atoms with E-state index in [1.807, 2.05) is 66.7 Å². The molecule has 2 aromatic heterocycles. The van der Waals surface area contributed by atoms with Gasteiger partial charge < -0.3 is 10.1 Å². The maximum atomic E-state index is 12.6. The first-order valence-corrected chi connectivity index (χ1v) is 10.9. The Morgan fingerprint density at radius 2 is 1.91 bits per heavy atom. The van der Waals surface area contributed by atoms with Crippen LogP contribution in [-0.4, -0.2) is 34.6 Å². The van der Waals surface area contributed by atoms with Gasteiger partial charge in [-0.2, -0.15) is 5.26 Å². The van der Waals surface area contributed by atoms with Crippen molar-refractivity contribution in [3.05, 3.63) is 84.1 Å². The summed E-state index contributed by atoms with van der Waals surface area (Å²) in [6.07, 6.45) is 2.24. The van der Waals surface area contributed by atoms with E-state index in [1.165, 1.54) is 14.0 Å². The SMILES string of the molecule is COC(=O)[C@H](Cc1c(-c2cccc(CC#N)c2)n(-c2ccccn2)c2ccccc12)NC(C)=O. The van der Waals surface area contributed by atoms with E-state index in [1.54, 1.807) is 6.20 Å². The third kappa shape index (κ3) is 4.52. The number of fused-ring (bicyclic) bond motifs is 1. The summed E-state index contributed by atoms with van der Waals surface area (Å²) in [6, 6.07) is 22.7. The summed E-state index contributed by atoms with van der Waals surface area (Å²) >= 11 is 0. The van der Waals surface area contributed by atoms with Crippen molar-refractivity contribution in [2.75, 3.05) is 7.11 Å². The van der Waals surface area contributed by atoms with Crippen molar-refractivity contribution in [3.63, 3.8) is 0 Å². The lowest BCUT2D eigenvalue weighted by Crippen LogP contribution is -2.42. The van der Waals surface area contributed by atoms with Crippen molar-refractivity contribution < 1.29 is 14.3 Å². The minimum absolute atomic E-state index is 0.227. The molecule has 7 heteroatoms. The van der Waals surface area contributed by atoms with Gasteiger partial charge in [0.1, 0.15) is 11.9 Å². The molecule has 0 saturated carbocycles. The molecule has 0 bridgehead atoms. The first kappa shape index (κ1) is 22.7. The molecule has 7 nitrogen and oxygen atoms in total. The number of nitrogens with zero attached hydrogens (tertiary/aromatic N) is 3. The normalized spacial score (nSPS) is 11.6. The molecule has 2 heterocycles. The summed E-state index contributed by atoms with van der Waals surface area (Å²) in [4.78, 5) is 29.0. The summed E-state index contributed by atoms with van der Waals surface area (Å²) in [5.41, 5.74) is 4.41. The summed E-state index contributed by atoms with van der Waals surface area (Å²) in [5, 5.41) is 12.9. The van der Waals surface area contributed by atoms with Gasteiger partial charge >= 0.3 is 5.97 Å². The zero-order chi connectivity index (χ0) is 24.1. The molecule has 2 aromatic carbocycles. The number of para-hydroxylation sites is 1. The van der Waals surface area contributed by atoms with Gasteiger partial charge in [0.05, 0.1) is 30.8 Å². The standard InChI is InChI=1S/C27H24N4O3/c1-18(32)30-23(27(33)34-2)17-22-21-10-3-4-11-24(21)31(25-12-5-6-15-29-25)26(22)20-9-7-8-19(16-20)13-14-28/h3-12,15-16,23H,13,17H2,1-2H3,(H,30,32)/t23-/m0/s1. The number of amides is 1. The molecule has 0 aliphatic rings. The third-order valence-corrected chi connectivity index (χ3v) is 5.61. The molecule has 170 valence electrons. The number of hydrogen-bond acceptors (Lipinski definition) is 5. The second kappa shape index (κ2) is 10.0. The second-order valence-electron chi connectivity index (χ2n) is 7.88. The highest BCUT2D eigenvalue weighted by molar-refractivity contribution is 5.95. The number of hydrogen-bond donors (Lipinski definition) is 1. The molecule has 0 fully saturated rings. The fraction of sp³-hybridized carbons (Fsp3) is 0.185. The Labute approximate surface area is 197 Å². The topological polar surface area (TPSA) is 97.0 Å². The van der Waals surface area contributed by atoms with E-state index in [-0.39, 0.29) is 18.7 Å². The van der Waals surface area contributed by atoms with Crippen LogP contribution in [0.15, 0.2) is 72.9 Å². The molecule has 1 atom stereocenters. The van der Waals surface area contributed by atoms with Gasteiger partial charge in [0.15, 0.2) is 0 Å². The number of aromatic nitrogens is 2. The largest absolute Gasteiger partial charge is 0.467 e. The van der Waals surface area contributed by atoms with Gasteiger partial charge in [-0.3, -0.25) is 9.36 Å². The summed E-state index contributed by atoms with van der Waals surface area (Å²) in [7, 11) is 1.31. The second-order valence-corrected chi connectivity index (χ2v) is 7.88. The number of ether oxygens (including phenoxy) is 1. The van der Waals surface area contributed by atoms with E-state index in [2.05, 4.69) is 20.9 Å². The highest BCUT2D eigenvalue weighted by atomic mass is 16.5. The van der Waals surface area contributed by atoms with E-state index >= 15 is 0 Å². The fourth-order valence-corrected chi connectivity index (χ4v) is 4.25. The Balaban J connectivity index is 2.02. The first-order valence-electron chi connectivity index (χ1n) is 10.9. The van der Waals surface area contributed by atoms with Crippen molar-refractivity contribution in [3.8, 4) is 23.1 Å². The van der Waals surface area contributed by atoms with Crippen LogP contribution in [0.1, 0.15) is 18.1 Å². The predicted molar refractivity (Wildman–Crippen MR) is 129 cm³/mol. The number of pyridine rings is 1. The fourth-order valence-electron chi connectivity index (χ4n) is 4.25. The molecule has 0 spiro atoms. The number of benzene rings is 2. The van der Waals surface area contributed by atoms with Crippen molar-refractivity contribution in [2.45, 2.75) is 25.8 Å². The zero-order valence-electron chi connectivity index (χ0n) is 19.0. The van der Waals surface area contributed by atoms with Gasteiger partial charge in [0.2, 0.25) is 5.91 Å². The molecule has 0 radical (unpaired) electrons. The molecule has 4 rings (SSSR count). The zero-order valence-corrected chi connectivity index (χ0v) is 19.0. The number of nitrogens with one attached hydrogen (secondary N) is 1. The highest BCUT2D eigenvalue weighted by Gasteiger charge is 2.27. The molecule has 1 N–H and O–H groups in total. The number of carbonyl (C=O) groups is 2. The molecule has 0 unspecified atom stereocenters. The predicted octanol–water partition coefficient (Wildman–Crippen LogP) is 3.98. The molecule has 1 amide bonds. The molecule has 34 heavy (non-hydrogen) atoms. The van der Waals surface area contributed by atoms with Crippen LogP contribution in [0.25, 0.3) is 28.0 Å². The van der Waals surface area contributed by atoms with E-state index < -0.39 is 12.0 Å².